The molecule has 1 N–H and O–H groups in total. The number of nitrogens with zero attached hydrogens (tertiary/aromatic N) is 3. The second kappa shape index (κ2) is 9.80. The molecule has 0 aliphatic carbocycles. The van der Waals surface area contributed by atoms with E-state index in [9.17, 15) is 13.2 Å². The van der Waals surface area contributed by atoms with Gasteiger partial charge in [0.05, 0.1) is 18.9 Å². The topological polar surface area (TPSA) is 59.5 Å². The highest BCUT2D eigenvalue weighted by Gasteiger charge is 2.31. The molecule has 3 heterocycles. The molecule has 11 heteroatoms. The molecule has 2 aromatic rings. The molecule has 0 bridgehead atoms. The summed E-state index contributed by atoms with van der Waals surface area (Å²) in [6.07, 6.45) is -3.86. The number of aromatic nitrogens is 2. The summed E-state index contributed by atoms with van der Waals surface area (Å²) < 4.78 is 46.4. The lowest BCUT2D eigenvalue weighted by Gasteiger charge is -2.31. The Bertz CT molecular complexity index is 816. The Kier molecular flexibility index (Phi) is 7.93. The Labute approximate surface area is 178 Å². The third kappa shape index (κ3) is 5.63. The van der Waals surface area contributed by atoms with Crippen LogP contribution >= 0.6 is 24.8 Å². The number of halogens is 5. The predicted molar refractivity (Wildman–Crippen MR) is 107 cm³/mol. The molecule has 2 aliphatic rings. The SMILES string of the molecule is Cl.Cl.FC(F)(F)Oc1ccc(-c2nc3c(c(N4CCOCC4)n2)CCNC3)cc1. The summed E-state index contributed by atoms with van der Waals surface area (Å²) in [5.41, 5.74) is 2.71. The van der Waals surface area contributed by atoms with Crippen LogP contribution in [0.3, 0.4) is 0 Å². The molecule has 0 saturated carbocycles. The fourth-order valence-corrected chi connectivity index (χ4v) is 3.31. The molecule has 0 spiro atoms. The van der Waals surface area contributed by atoms with E-state index in [0.717, 1.165) is 43.1 Å². The number of nitrogens with one attached hydrogen (secondary N) is 1. The van der Waals surface area contributed by atoms with E-state index in [1.165, 1.54) is 12.1 Å². The zero-order chi connectivity index (χ0) is 18.9. The smallest absolute Gasteiger partial charge is 0.406 e. The highest BCUT2D eigenvalue weighted by Crippen LogP contribution is 2.30. The van der Waals surface area contributed by atoms with Crippen LogP contribution < -0.4 is 15.0 Å². The molecule has 6 nitrogen and oxygen atoms in total. The van der Waals surface area contributed by atoms with E-state index < -0.39 is 6.36 Å². The van der Waals surface area contributed by atoms with E-state index in [2.05, 4.69) is 19.9 Å². The summed E-state index contributed by atoms with van der Waals surface area (Å²) in [4.78, 5) is 11.6. The van der Waals surface area contributed by atoms with Crippen molar-refractivity contribution in [3.05, 3.63) is 35.5 Å². The number of hydrogen-bond acceptors (Lipinski definition) is 6. The maximum atomic E-state index is 12.3. The van der Waals surface area contributed by atoms with Crippen LogP contribution in [-0.4, -0.2) is 49.2 Å². The molecule has 1 aromatic carbocycles. The second-order valence-electron chi connectivity index (χ2n) is 6.39. The molecule has 1 fully saturated rings. The van der Waals surface area contributed by atoms with E-state index >= 15 is 0 Å². The number of alkyl halides is 3. The van der Waals surface area contributed by atoms with E-state index in [1.54, 1.807) is 12.1 Å². The first-order valence-corrected chi connectivity index (χ1v) is 8.79. The molecule has 0 amide bonds. The monoisotopic (exact) mass is 452 g/mol. The molecule has 0 radical (unpaired) electrons. The van der Waals surface area contributed by atoms with Gasteiger partial charge in [0, 0.05) is 30.8 Å². The van der Waals surface area contributed by atoms with Crippen molar-refractivity contribution in [2.24, 2.45) is 0 Å². The van der Waals surface area contributed by atoms with Crippen molar-refractivity contribution >= 4 is 30.6 Å². The Morgan fingerprint density at radius 1 is 1.03 bits per heavy atom. The van der Waals surface area contributed by atoms with Crippen LogP contribution in [0.2, 0.25) is 0 Å². The first kappa shape index (κ1) is 23.5. The van der Waals surface area contributed by atoms with Crippen LogP contribution in [-0.2, 0) is 17.7 Å². The molecule has 4 rings (SSSR count). The van der Waals surface area contributed by atoms with Crippen LogP contribution in [0.4, 0.5) is 19.0 Å². The van der Waals surface area contributed by atoms with Gasteiger partial charge >= 0.3 is 6.36 Å². The highest BCUT2D eigenvalue weighted by molar-refractivity contribution is 5.85. The summed E-state index contributed by atoms with van der Waals surface area (Å²) >= 11 is 0. The molecule has 29 heavy (non-hydrogen) atoms. The number of fused-ring (bicyclic) bond motifs is 1. The molecule has 1 saturated heterocycles. The van der Waals surface area contributed by atoms with Crippen LogP contribution in [0.25, 0.3) is 11.4 Å². The largest absolute Gasteiger partial charge is 0.573 e. The van der Waals surface area contributed by atoms with E-state index in [1.807, 2.05) is 0 Å². The molecule has 160 valence electrons. The van der Waals surface area contributed by atoms with E-state index in [0.29, 0.717) is 31.1 Å². The number of hydrogen-bond donors (Lipinski definition) is 1. The average Bonchev–Trinajstić information content (AvgIpc) is 2.67. The van der Waals surface area contributed by atoms with Gasteiger partial charge in [-0.1, -0.05) is 0 Å². The van der Waals surface area contributed by atoms with Crippen molar-refractivity contribution in [1.29, 1.82) is 0 Å². The van der Waals surface area contributed by atoms with Gasteiger partial charge in [0.1, 0.15) is 11.6 Å². The fourth-order valence-electron chi connectivity index (χ4n) is 3.31. The Morgan fingerprint density at radius 3 is 2.38 bits per heavy atom. The van der Waals surface area contributed by atoms with Gasteiger partial charge in [-0.2, -0.15) is 0 Å². The lowest BCUT2D eigenvalue weighted by Crippen LogP contribution is -2.39. The van der Waals surface area contributed by atoms with Gasteiger partial charge in [0.25, 0.3) is 0 Å². The zero-order valence-corrected chi connectivity index (χ0v) is 17.0. The van der Waals surface area contributed by atoms with Gasteiger partial charge in [-0.15, -0.1) is 38.0 Å². The summed E-state index contributed by atoms with van der Waals surface area (Å²) in [5.74, 6) is 1.13. The van der Waals surface area contributed by atoms with Gasteiger partial charge in [0.2, 0.25) is 0 Å². The zero-order valence-electron chi connectivity index (χ0n) is 15.4. The molecule has 1 aromatic heterocycles. The summed E-state index contributed by atoms with van der Waals surface area (Å²) in [7, 11) is 0. The molecular formula is C18H21Cl2F3N4O2. The number of ether oxygens (including phenoxy) is 2. The number of morpholine rings is 1. The molecule has 2 aliphatic heterocycles. The minimum Gasteiger partial charge on any atom is -0.406 e. The minimum atomic E-state index is -4.71. The van der Waals surface area contributed by atoms with Crippen molar-refractivity contribution in [1.82, 2.24) is 15.3 Å². The number of anilines is 1. The van der Waals surface area contributed by atoms with Gasteiger partial charge < -0.3 is 19.7 Å². The Hall–Kier alpha value is -1.81. The van der Waals surface area contributed by atoms with Crippen molar-refractivity contribution in [2.45, 2.75) is 19.3 Å². The minimum absolute atomic E-state index is 0. The first-order valence-electron chi connectivity index (χ1n) is 8.79. The van der Waals surface area contributed by atoms with Crippen molar-refractivity contribution in [3.8, 4) is 17.1 Å². The lowest BCUT2D eigenvalue weighted by atomic mass is 10.1. The molecular weight excluding hydrogens is 432 g/mol. The lowest BCUT2D eigenvalue weighted by molar-refractivity contribution is -0.274. The highest BCUT2D eigenvalue weighted by atomic mass is 35.5. The van der Waals surface area contributed by atoms with Crippen LogP contribution in [0.15, 0.2) is 24.3 Å². The van der Waals surface area contributed by atoms with Crippen molar-refractivity contribution < 1.29 is 22.6 Å². The summed E-state index contributed by atoms with van der Waals surface area (Å²) in [5, 5.41) is 3.31. The first-order chi connectivity index (χ1) is 13.0. The fraction of sp³-hybridized carbons (Fsp3) is 0.444. The van der Waals surface area contributed by atoms with E-state index in [4.69, 9.17) is 9.72 Å². The van der Waals surface area contributed by atoms with Gasteiger partial charge in [-0.3, -0.25) is 0 Å². The van der Waals surface area contributed by atoms with E-state index in [-0.39, 0.29) is 30.6 Å². The maximum absolute atomic E-state index is 12.3. The number of rotatable bonds is 3. The summed E-state index contributed by atoms with van der Waals surface area (Å²) in [6, 6.07) is 5.64. The van der Waals surface area contributed by atoms with Crippen LogP contribution in [0, 0.1) is 0 Å². The third-order valence-electron chi connectivity index (χ3n) is 4.57. The maximum Gasteiger partial charge on any atom is 0.573 e. The third-order valence-corrected chi connectivity index (χ3v) is 4.57. The van der Waals surface area contributed by atoms with Crippen LogP contribution in [0.1, 0.15) is 11.3 Å². The Balaban J connectivity index is 0.00000150. The predicted octanol–water partition coefficient (Wildman–Crippen LogP) is 3.37. The molecule has 0 unspecified atom stereocenters. The average molecular weight is 453 g/mol. The quantitative estimate of drug-likeness (QED) is 0.770. The summed E-state index contributed by atoms with van der Waals surface area (Å²) in [6.45, 7) is 4.34. The van der Waals surface area contributed by atoms with Crippen LogP contribution in [0.5, 0.6) is 5.75 Å². The number of benzene rings is 1. The van der Waals surface area contributed by atoms with Gasteiger partial charge in [-0.05, 0) is 37.2 Å². The standard InChI is InChI=1S/C18H19F3N4O2.2ClH/c19-18(20,21)27-13-3-1-12(2-4-13)16-23-15-11-22-6-5-14(15)17(24-16)25-7-9-26-10-8-25;;/h1-4,22H,5-11H2;2*1H. The van der Waals surface area contributed by atoms with Gasteiger partial charge in [0.15, 0.2) is 5.82 Å². The van der Waals surface area contributed by atoms with Crippen molar-refractivity contribution in [2.75, 3.05) is 37.7 Å². The van der Waals surface area contributed by atoms with Gasteiger partial charge in [-0.25, -0.2) is 9.97 Å². The normalized spacial score (nSPS) is 16.3. The molecule has 0 atom stereocenters. The van der Waals surface area contributed by atoms with Crippen molar-refractivity contribution in [3.63, 3.8) is 0 Å². The Morgan fingerprint density at radius 2 is 1.72 bits per heavy atom. The second-order valence-corrected chi connectivity index (χ2v) is 6.39.